The van der Waals surface area contributed by atoms with E-state index in [-0.39, 0.29) is 10.8 Å². The topological polar surface area (TPSA) is 75.3 Å². The Balaban J connectivity index is 1.69. The third-order valence-electron chi connectivity index (χ3n) is 3.83. The third kappa shape index (κ3) is 4.87. The number of hydrogen-bond acceptors (Lipinski definition) is 3. The number of carbonyl (C=O) groups excluding carboxylic acids is 1. The number of halogens is 1. The van der Waals surface area contributed by atoms with Crippen LogP contribution in [0.15, 0.2) is 77.7 Å². The van der Waals surface area contributed by atoms with E-state index in [9.17, 15) is 13.2 Å². The second-order valence-corrected chi connectivity index (χ2v) is 8.08. The highest BCUT2D eigenvalue weighted by atomic mass is 35.5. The quantitative estimate of drug-likeness (QED) is 0.651. The van der Waals surface area contributed by atoms with Crippen LogP contribution in [0.1, 0.15) is 15.9 Å². The van der Waals surface area contributed by atoms with Crippen molar-refractivity contribution in [2.45, 2.75) is 11.8 Å². The van der Waals surface area contributed by atoms with Gasteiger partial charge in [0.1, 0.15) is 0 Å². The van der Waals surface area contributed by atoms with Gasteiger partial charge in [-0.05, 0) is 67.6 Å². The fourth-order valence-electron chi connectivity index (χ4n) is 2.36. The number of hydrogen-bond donors (Lipinski definition) is 2. The summed E-state index contributed by atoms with van der Waals surface area (Å²) >= 11 is 5.81. The molecule has 0 saturated carbocycles. The van der Waals surface area contributed by atoms with Gasteiger partial charge in [-0.3, -0.25) is 9.52 Å². The molecule has 0 aliphatic carbocycles. The molecule has 0 heterocycles. The zero-order valence-corrected chi connectivity index (χ0v) is 16.0. The summed E-state index contributed by atoms with van der Waals surface area (Å²) < 4.78 is 27.3. The van der Waals surface area contributed by atoms with Crippen molar-refractivity contribution in [3.8, 4) is 0 Å². The van der Waals surface area contributed by atoms with Gasteiger partial charge in [-0.15, -0.1) is 0 Å². The number of anilines is 2. The van der Waals surface area contributed by atoms with E-state index in [1.165, 1.54) is 0 Å². The normalized spacial score (nSPS) is 11.0. The van der Waals surface area contributed by atoms with Gasteiger partial charge in [0.25, 0.3) is 15.9 Å². The Hall–Kier alpha value is -2.83. The van der Waals surface area contributed by atoms with Crippen LogP contribution in [-0.4, -0.2) is 14.3 Å². The summed E-state index contributed by atoms with van der Waals surface area (Å²) in [5, 5.41) is 3.30. The molecular weight excluding hydrogens is 384 g/mol. The first kappa shape index (κ1) is 18.9. The van der Waals surface area contributed by atoms with Crippen LogP contribution < -0.4 is 10.0 Å². The molecule has 7 heteroatoms. The van der Waals surface area contributed by atoms with Crippen LogP contribution in [0, 0.1) is 6.92 Å². The predicted octanol–water partition coefficient (Wildman–Crippen LogP) is 4.70. The molecule has 0 radical (unpaired) electrons. The third-order valence-corrected chi connectivity index (χ3v) is 5.48. The molecule has 3 rings (SSSR count). The first-order valence-electron chi connectivity index (χ1n) is 8.10. The smallest absolute Gasteiger partial charge is 0.261 e. The monoisotopic (exact) mass is 400 g/mol. The average Bonchev–Trinajstić information content (AvgIpc) is 2.64. The molecular formula is C20H17ClN2O3S. The molecule has 3 aromatic rings. The molecule has 0 aliphatic rings. The van der Waals surface area contributed by atoms with E-state index in [0.717, 1.165) is 5.56 Å². The molecule has 0 spiro atoms. The molecule has 27 heavy (non-hydrogen) atoms. The van der Waals surface area contributed by atoms with Crippen molar-refractivity contribution in [1.82, 2.24) is 0 Å². The molecule has 138 valence electrons. The molecule has 0 aromatic heterocycles. The fourth-order valence-corrected chi connectivity index (χ4v) is 3.54. The van der Waals surface area contributed by atoms with E-state index in [1.807, 2.05) is 6.92 Å². The number of amides is 1. The number of benzene rings is 3. The minimum atomic E-state index is -3.66. The van der Waals surface area contributed by atoms with Crippen LogP contribution in [0.4, 0.5) is 11.4 Å². The zero-order chi connectivity index (χ0) is 19.4. The highest BCUT2D eigenvalue weighted by Gasteiger charge is 2.14. The number of sulfonamides is 1. The highest BCUT2D eigenvalue weighted by molar-refractivity contribution is 7.92. The van der Waals surface area contributed by atoms with E-state index in [2.05, 4.69) is 10.0 Å². The Kier molecular flexibility index (Phi) is 5.48. The van der Waals surface area contributed by atoms with Gasteiger partial charge in [0.15, 0.2) is 0 Å². The van der Waals surface area contributed by atoms with Crippen molar-refractivity contribution in [1.29, 1.82) is 0 Å². The van der Waals surface area contributed by atoms with E-state index in [0.29, 0.717) is 22.0 Å². The van der Waals surface area contributed by atoms with Crippen molar-refractivity contribution in [2.24, 2.45) is 0 Å². The zero-order valence-electron chi connectivity index (χ0n) is 14.4. The molecule has 5 nitrogen and oxygen atoms in total. The van der Waals surface area contributed by atoms with Crippen molar-refractivity contribution >= 4 is 38.9 Å². The summed E-state index contributed by atoms with van der Waals surface area (Å²) in [4.78, 5) is 12.4. The maximum absolute atomic E-state index is 12.4. The van der Waals surface area contributed by atoms with Gasteiger partial charge in [-0.1, -0.05) is 29.3 Å². The lowest BCUT2D eigenvalue weighted by molar-refractivity contribution is 0.102. The highest BCUT2D eigenvalue weighted by Crippen LogP contribution is 2.19. The standard InChI is InChI=1S/C20H17ClN2O3S/c1-14-2-12-19(13-3-14)27(25,26)23-18-10-8-17(9-11-18)22-20(24)15-4-6-16(21)7-5-15/h2-13,23H,1H3,(H,22,24). The number of carbonyl (C=O) groups is 1. The van der Waals surface area contributed by atoms with Gasteiger partial charge in [0.05, 0.1) is 4.90 Å². The van der Waals surface area contributed by atoms with Crippen LogP contribution in [-0.2, 0) is 10.0 Å². The lowest BCUT2D eigenvalue weighted by Crippen LogP contribution is -2.13. The van der Waals surface area contributed by atoms with Crippen LogP contribution in [0.2, 0.25) is 5.02 Å². The summed E-state index contributed by atoms with van der Waals surface area (Å²) in [5.41, 5.74) is 2.41. The first-order chi connectivity index (χ1) is 12.8. The van der Waals surface area contributed by atoms with Crippen LogP contribution in [0.3, 0.4) is 0 Å². The molecule has 2 N–H and O–H groups in total. The Morgan fingerprint density at radius 2 is 1.37 bits per heavy atom. The summed E-state index contributed by atoms with van der Waals surface area (Å²) in [6, 6.07) is 19.5. The van der Waals surface area contributed by atoms with Crippen LogP contribution in [0.5, 0.6) is 0 Å². The largest absolute Gasteiger partial charge is 0.322 e. The van der Waals surface area contributed by atoms with Gasteiger partial charge in [-0.25, -0.2) is 8.42 Å². The van der Waals surface area contributed by atoms with Crippen molar-refractivity contribution in [3.63, 3.8) is 0 Å². The molecule has 0 atom stereocenters. The summed E-state index contributed by atoms with van der Waals surface area (Å²) in [6.07, 6.45) is 0. The predicted molar refractivity (Wildman–Crippen MR) is 108 cm³/mol. The Bertz CT molecular complexity index is 1050. The summed E-state index contributed by atoms with van der Waals surface area (Å²) in [5.74, 6) is -0.278. The average molecular weight is 401 g/mol. The fraction of sp³-hybridized carbons (Fsp3) is 0.0500. The molecule has 3 aromatic carbocycles. The molecule has 0 unspecified atom stereocenters. The van der Waals surface area contributed by atoms with Gasteiger partial charge in [0.2, 0.25) is 0 Å². The van der Waals surface area contributed by atoms with Gasteiger partial charge in [-0.2, -0.15) is 0 Å². The minimum absolute atomic E-state index is 0.188. The molecule has 1 amide bonds. The molecule has 0 bridgehead atoms. The van der Waals surface area contributed by atoms with Crippen molar-refractivity contribution in [2.75, 3.05) is 10.0 Å². The van der Waals surface area contributed by atoms with E-state index in [1.54, 1.807) is 72.8 Å². The molecule has 0 saturated heterocycles. The van der Waals surface area contributed by atoms with Crippen LogP contribution in [0.25, 0.3) is 0 Å². The first-order valence-corrected chi connectivity index (χ1v) is 9.96. The van der Waals surface area contributed by atoms with E-state index >= 15 is 0 Å². The maximum atomic E-state index is 12.4. The molecule has 0 fully saturated rings. The second kappa shape index (κ2) is 7.82. The maximum Gasteiger partial charge on any atom is 0.261 e. The number of nitrogens with one attached hydrogen (secondary N) is 2. The SMILES string of the molecule is Cc1ccc(S(=O)(=O)Nc2ccc(NC(=O)c3ccc(Cl)cc3)cc2)cc1. The number of rotatable bonds is 5. The van der Waals surface area contributed by atoms with Crippen LogP contribution >= 0.6 is 11.6 Å². The lowest BCUT2D eigenvalue weighted by atomic mass is 10.2. The van der Waals surface area contributed by atoms with Gasteiger partial charge >= 0.3 is 0 Å². The molecule has 0 aliphatic heterocycles. The van der Waals surface area contributed by atoms with Gasteiger partial charge in [0, 0.05) is 22.0 Å². The van der Waals surface area contributed by atoms with Crippen molar-refractivity contribution < 1.29 is 13.2 Å². The van der Waals surface area contributed by atoms with Gasteiger partial charge < -0.3 is 5.32 Å². The van der Waals surface area contributed by atoms with E-state index in [4.69, 9.17) is 11.6 Å². The summed E-state index contributed by atoms with van der Waals surface area (Å²) in [7, 11) is -3.66. The Morgan fingerprint density at radius 3 is 1.96 bits per heavy atom. The Labute approximate surface area is 163 Å². The minimum Gasteiger partial charge on any atom is -0.322 e. The lowest BCUT2D eigenvalue weighted by Gasteiger charge is -2.10. The number of aryl methyl sites for hydroxylation is 1. The Morgan fingerprint density at radius 1 is 0.815 bits per heavy atom. The summed E-state index contributed by atoms with van der Waals surface area (Å²) in [6.45, 7) is 1.89. The second-order valence-electron chi connectivity index (χ2n) is 5.96. The van der Waals surface area contributed by atoms with Crippen molar-refractivity contribution in [3.05, 3.63) is 88.9 Å². The van der Waals surface area contributed by atoms with E-state index < -0.39 is 10.0 Å².